The van der Waals surface area contributed by atoms with Gasteiger partial charge in [-0.2, -0.15) is 0 Å². The lowest BCUT2D eigenvalue weighted by molar-refractivity contribution is -0.122. The molecule has 2 aromatic carbocycles. The number of nitrogens with one attached hydrogen (secondary N) is 2. The first-order valence-electron chi connectivity index (χ1n) is 8.58. The summed E-state index contributed by atoms with van der Waals surface area (Å²) in [7, 11) is -3.72. The number of sulfonamides is 1. The number of carbonyl (C=O) groups is 1. The first-order valence-corrected chi connectivity index (χ1v) is 10.1. The number of carbonyl (C=O) groups excluding carboxylic acids is 1. The topological polar surface area (TPSA) is 101 Å². The summed E-state index contributed by atoms with van der Waals surface area (Å²) in [4.78, 5) is 12.3. The van der Waals surface area contributed by atoms with Crippen LogP contribution in [0.2, 0.25) is 0 Å². The van der Waals surface area contributed by atoms with Crippen molar-refractivity contribution in [3.8, 4) is 0 Å². The molecule has 0 unspecified atom stereocenters. The number of hydrogen-bond donors (Lipinski definition) is 3. The van der Waals surface area contributed by atoms with E-state index in [9.17, 15) is 17.6 Å². The molecule has 8 heteroatoms. The molecule has 27 heavy (non-hydrogen) atoms. The third-order valence-corrected chi connectivity index (χ3v) is 5.16. The van der Waals surface area contributed by atoms with Crippen LogP contribution in [0.4, 0.5) is 4.39 Å². The monoisotopic (exact) mass is 393 g/mol. The fraction of sp³-hybridized carbons (Fsp3) is 0.316. The van der Waals surface area contributed by atoms with Gasteiger partial charge in [-0.15, -0.1) is 0 Å². The normalized spacial score (nSPS) is 13.8. The van der Waals surface area contributed by atoms with Gasteiger partial charge in [-0.05, 0) is 55.7 Å². The van der Waals surface area contributed by atoms with Gasteiger partial charge in [0.05, 0.1) is 10.9 Å². The number of hydrogen-bond acceptors (Lipinski definition) is 4. The summed E-state index contributed by atoms with van der Waals surface area (Å²) in [6.45, 7) is 4.09. The summed E-state index contributed by atoms with van der Waals surface area (Å²) in [5, 5.41) is 11.1. The zero-order valence-electron chi connectivity index (χ0n) is 15.3. The standard InChI is InChI=1S/C19H24FN3O3S/c1-13(16-5-9-18(10-6-16)27(21,25)26)23-14(2)19(24)22-12-11-15-3-7-17(20)8-4-15/h3-10,13-14,23H,11-12H2,1-2H3,(H,22,24)(H2,21,25,26)/t13-,14-/m1/s1. The summed E-state index contributed by atoms with van der Waals surface area (Å²) in [5.74, 6) is -0.434. The highest BCUT2D eigenvalue weighted by molar-refractivity contribution is 7.89. The van der Waals surface area contributed by atoms with Crippen molar-refractivity contribution in [3.63, 3.8) is 0 Å². The molecule has 0 heterocycles. The van der Waals surface area contributed by atoms with Crippen LogP contribution in [-0.4, -0.2) is 26.9 Å². The summed E-state index contributed by atoms with van der Waals surface area (Å²) in [5.41, 5.74) is 1.79. The molecule has 1 amide bonds. The van der Waals surface area contributed by atoms with Crippen LogP contribution < -0.4 is 15.8 Å². The Morgan fingerprint density at radius 1 is 1.07 bits per heavy atom. The molecule has 0 spiro atoms. The fourth-order valence-corrected chi connectivity index (χ4v) is 3.14. The van der Waals surface area contributed by atoms with Crippen LogP contribution in [0, 0.1) is 5.82 Å². The van der Waals surface area contributed by atoms with Gasteiger partial charge in [-0.3, -0.25) is 10.1 Å². The minimum Gasteiger partial charge on any atom is -0.354 e. The molecule has 0 radical (unpaired) electrons. The van der Waals surface area contributed by atoms with E-state index in [1.54, 1.807) is 31.2 Å². The Morgan fingerprint density at radius 3 is 2.22 bits per heavy atom. The van der Waals surface area contributed by atoms with Crippen LogP contribution in [-0.2, 0) is 21.2 Å². The Hall–Kier alpha value is -2.29. The Labute approximate surface area is 159 Å². The van der Waals surface area contributed by atoms with Crippen LogP contribution in [0.5, 0.6) is 0 Å². The van der Waals surface area contributed by atoms with Crippen molar-refractivity contribution >= 4 is 15.9 Å². The molecule has 0 bridgehead atoms. The molecule has 146 valence electrons. The van der Waals surface area contributed by atoms with Gasteiger partial charge in [0.1, 0.15) is 5.82 Å². The summed E-state index contributed by atoms with van der Waals surface area (Å²) in [6, 6.07) is 11.8. The van der Waals surface area contributed by atoms with Crippen molar-refractivity contribution in [2.45, 2.75) is 37.2 Å². The highest BCUT2D eigenvalue weighted by atomic mass is 32.2. The maximum Gasteiger partial charge on any atom is 0.238 e. The van der Waals surface area contributed by atoms with Gasteiger partial charge in [0.25, 0.3) is 0 Å². The smallest absolute Gasteiger partial charge is 0.238 e. The Bertz CT molecular complexity index is 868. The van der Waals surface area contributed by atoms with Gasteiger partial charge < -0.3 is 5.32 Å². The zero-order valence-corrected chi connectivity index (χ0v) is 16.1. The molecule has 2 rings (SSSR count). The van der Waals surface area contributed by atoms with E-state index in [1.165, 1.54) is 24.3 Å². The van der Waals surface area contributed by atoms with Gasteiger partial charge in [0.2, 0.25) is 15.9 Å². The highest BCUT2D eigenvalue weighted by Gasteiger charge is 2.16. The number of benzene rings is 2. The van der Waals surface area contributed by atoms with Crippen molar-refractivity contribution in [3.05, 3.63) is 65.5 Å². The van der Waals surface area contributed by atoms with Crippen molar-refractivity contribution in [2.75, 3.05) is 6.54 Å². The number of amides is 1. The first kappa shape index (κ1) is 21.0. The van der Waals surface area contributed by atoms with Gasteiger partial charge in [0, 0.05) is 12.6 Å². The molecule has 0 aromatic heterocycles. The van der Waals surface area contributed by atoms with E-state index in [0.717, 1.165) is 11.1 Å². The van der Waals surface area contributed by atoms with E-state index in [-0.39, 0.29) is 22.7 Å². The van der Waals surface area contributed by atoms with E-state index in [0.29, 0.717) is 13.0 Å². The second-order valence-electron chi connectivity index (χ2n) is 6.39. The van der Waals surface area contributed by atoms with E-state index < -0.39 is 16.1 Å². The number of halogens is 1. The first-order chi connectivity index (χ1) is 12.7. The lowest BCUT2D eigenvalue weighted by atomic mass is 10.1. The van der Waals surface area contributed by atoms with Gasteiger partial charge >= 0.3 is 0 Å². The molecular formula is C19H24FN3O3S. The lowest BCUT2D eigenvalue weighted by Crippen LogP contribution is -2.43. The van der Waals surface area contributed by atoms with Crippen LogP contribution >= 0.6 is 0 Å². The predicted octanol–water partition coefficient (Wildman–Crippen LogP) is 1.87. The third kappa shape index (κ3) is 6.42. The molecule has 0 saturated heterocycles. The average Bonchev–Trinajstić information content (AvgIpc) is 2.62. The number of nitrogens with two attached hydrogens (primary N) is 1. The van der Waals surface area contributed by atoms with Crippen molar-refractivity contribution < 1.29 is 17.6 Å². The Balaban J connectivity index is 1.83. The molecule has 4 N–H and O–H groups in total. The molecule has 0 aliphatic carbocycles. The van der Waals surface area contributed by atoms with Crippen LogP contribution in [0.15, 0.2) is 53.4 Å². The largest absolute Gasteiger partial charge is 0.354 e. The van der Waals surface area contributed by atoms with Crippen molar-refractivity contribution in [1.82, 2.24) is 10.6 Å². The van der Waals surface area contributed by atoms with Crippen LogP contribution in [0.25, 0.3) is 0 Å². The average molecular weight is 393 g/mol. The van der Waals surface area contributed by atoms with Crippen molar-refractivity contribution in [2.24, 2.45) is 5.14 Å². The summed E-state index contributed by atoms with van der Waals surface area (Å²) < 4.78 is 35.5. The van der Waals surface area contributed by atoms with E-state index in [4.69, 9.17) is 5.14 Å². The second kappa shape index (κ2) is 9.07. The number of primary sulfonamides is 1. The van der Waals surface area contributed by atoms with Crippen LogP contribution in [0.3, 0.4) is 0 Å². The summed E-state index contributed by atoms with van der Waals surface area (Å²) in [6.07, 6.45) is 0.614. The minimum absolute atomic E-state index is 0.0463. The second-order valence-corrected chi connectivity index (χ2v) is 7.95. The van der Waals surface area contributed by atoms with E-state index in [1.807, 2.05) is 6.92 Å². The van der Waals surface area contributed by atoms with E-state index >= 15 is 0 Å². The maximum atomic E-state index is 12.9. The van der Waals surface area contributed by atoms with Crippen molar-refractivity contribution in [1.29, 1.82) is 0 Å². The lowest BCUT2D eigenvalue weighted by Gasteiger charge is -2.20. The predicted molar refractivity (Wildman–Crippen MR) is 102 cm³/mol. The molecule has 6 nitrogen and oxygen atoms in total. The zero-order chi connectivity index (χ0) is 20.0. The van der Waals surface area contributed by atoms with Crippen LogP contribution in [0.1, 0.15) is 31.0 Å². The van der Waals surface area contributed by atoms with Gasteiger partial charge in [-0.25, -0.2) is 17.9 Å². The van der Waals surface area contributed by atoms with E-state index in [2.05, 4.69) is 10.6 Å². The van der Waals surface area contributed by atoms with Gasteiger partial charge in [0.15, 0.2) is 0 Å². The van der Waals surface area contributed by atoms with Gasteiger partial charge in [-0.1, -0.05) is 24.3 Å². The minimum atomic E-state index is -3.72. The quantitative estimate of drug-likeness (QED) is 0.637. The fourth-order valence-electron chi connectivity index (χ4n) is 2.63. The molecule has 0 aliphatic heterocycles. The molecule has 2 aromatic rings. The summed E-state index contributed by atoms with van der Waals surface area (Å²) >= 11 is 0. The molecule has 0 fully saturated rings. The third-order valence-electron chi connectivity index (χ3n) is 4.23. The maximum absolute atomic E-state index is 12.9. The molecule has 2 atom stereocenters. The molecular weight excluding hydrogens is 369 g/mol. The Morgan fingerprint density at radius 2 is 1.67 bits per heavy atom. The highest BCUT2D eigenvalue weighted by Crippen LogP contribution is 2.16. The number of rotatable bonds is 8. The Kier molecular flexibility index (Phi) is 7.06. The molecule has 0 aliphatic rings. The molecule has 0 saturated carbocycles. The SMILES string of the molecule is C[C@@H](N[C@H](C)c1ccc(S(N)(=O)=O)cc1)C(=O)NCCc1ccc(F)cc1.